The molecule has 0 spiro atoms. The average Bonchev–Trinajstić information content (AvgIpc) is 2.95. The van der Waals surface area contributed by atoms with Crippen molar-refractivity contribution in [3.8, 4) is 0 Å². The maximum absolute atomic E-state index is 13.2. The van der Waals surface area contributed by atoms with Crippen LogP contribution in [0, 0.1) is 10.8 Å². The molecule has 3 aliphatic carbocycles. The normalized spacial score (nSPS) is 31.6. The van der Waals surface area contributed by atoms with Crippen LogP contribution in [0.3, 0.4) is 0 Å². The molecule has 31 heavy (non-hydrogen) atoms. The summed E-state index contributed by atoms with van der Waals surface area (Å²) in [5, 5.41) is 0. The fraction of sp³-hybridized carbons (Fsp3) is 0.696. The van der Waals surface area contributed by atoms with Crippen LogP contribution in [0.2, 0.25) is 0 Å². The summed E-state index contributed by atoms with van der Waals surface area (Å²) in [6.45, 7) is 7.98. The summed E-state index contributed by atoms with van der Waals surface area (Å²) in [5.41, 5.74) is -0.704. The molecule has 8 heteroatoms. The summed E-state index contributed by atoms with van der Waals surface area (Å²) in [6, 6.07) is 6.90. The summed E-state index contributed by atoms with van der Waals surface area (Å²) in [6.07, 6.45) is 4.43. The van der Waals surface area contributed by atoms with Gasteiger partial charge in [-0.25, -0.2) is 8.42 Å². The van der Waals surface area contributed by atoms with Crippen LogP contribution in [-0.2, 0) is 28.7 Å². The highest BCUT2D eigenvalue weighted by Gasteiger charge is 2.54. The van der Waals surface area contributed by atoms with Gasteiger partial charge in [0, 0.05) is 0 Å². The molecule has 0 aromatic heterocycles. The molecule has 6 nitrogen and oxygen atoms in total. The topological polar surface area (TPSA) is 78.9 Å². The van der Waals surface area contributed by atoms with Crippen LogP contribution in [0.15, 0.2) is 29.2 Å². The Labute approximate surface area is 186 Å². The fourth-order valence-corrected chi connectivity index (χ4v) is 7.26. The minimum Gasteiger partial charge on any atom is -0.469 e. The molecular weight excluding hydrogens is 415 g/mol. The van der Waals surface area contributed by atoms with E-state index in [4.69, 9.17) is 14.0 Å². The van der Waals surface area contributed by atoms with Gasteiger partial charge in [-0.05, 0) is 89.2 Å². The van der Waals surface area contributed by atoms with Crippen molar-refractivity contribution in [3.05, 3.63) is 24.3 Å². The Morgan fingerprint density at radius 3 is 1.87 bits per heavy atom. The second-order valence-electron chi connectivity index (χ2n) is 10.7. The van der Waals surface area contributed by atoms with Gasteiger partial charge in [-0.15, -0.1) is 0 Å². The number of ether oxygens (including phenoxy) is 1. The number of esters is 1. The van der Waals surface area contributed by atoms with E-state index in [9.17, 15) is 13.2 Å². The minimum atomic E-state index is -3.44. The highest BCUT2D eigenvalue weighted by Crippen LogP contribution is 2.58. The van der Waals surface area contributed by atoms with E-state index >= 15 is 0 Å². The van der Waals surface area contributed by atoms with Crippen LogP contribution in [0.25, 0.3) is 0 Å². The van der Waals surface area contributed by atoms with Crippen LogP contribution in [0.4, 0.5) is 0 Å². The Balaban J connectivity index is 1.47. The van der Waals surface area contributed by atoms with E-state index in [-0.39, 0.29) is 17.1 Å². The van der Waals surface area contributed by atoms with Crippen molar-refractivity contribution in [1.82, 2.24) is 0 Å². The Morgan fingerprint density at radius 1 is 0.935 bits per heavy atom. The molecule has 1 aromatic rings. The van der Waals surface area contributed by atoms with Gasteiger partial charge in [0.2, 0.25) is 0 Å². The van der Waals surface area contributed by atoms with Gasteiger partial charge in [0.15, 0.2) is 9.84 Å². The first-order chi connectivity index (χ1) is 14.3. The molecule has 0 atom stereocenters. The summed E-state index contributed by atoms with van der Waals surface area (Å²) in [4.78, 5) is 12.5. The number of methoxy groups -OCH3 is 1. The molecule has 4 fully saturated rings. The number of rotatable bonds is 5. The van der Waals surface area contributed by atoms with E-state index in [1.54, 1.807) is 24.3 Å². The van der Waals surface area contributed by atoms with Crippen molar-refractivity contribution in [2.24, 2.45) is 10.8 Å². The van der Waals surface area contributed by atoms with E-state index in [1.165, 1.54) is 7.11 Å². The number of benzene rings is 1. The molecule has 1 heterocycles. The highest BCUT2D eigenvalue weighted by molar-refractivity contribution is 7.91. The first-order valence-corrected chi connectivity index (χ1v) is 12.8. The number of carbonyl (C=O) groups excluding carboxylic acids is 1. The van der Waals surface area contributed by atoms with E-state index in [1.807, 2.05) is 27.7 Å². The zero-order valence-electron chi connectivity index (χ0n) is 19.2. The number of fused-ring (bicyclic) bond motifs is 3. The van der Waals surface area contributed by atoms with Gasteiger partial charge >= 0.3 is 13.1 Å². The quantitative estimate of drug-likeness (QED) is 0.508. The molecule has 1 aromatic carbocycles. The molecule has 1 aliphatic heterocycles. The molecule has 0 amide bonds. The molecule has 1 saturated heterocycles. The first kappa shape index (κ1) is 22.8. The fourth-order valence-electron chi connectivity index (χ4n) is 5.30. The standard InChI is InChI=1S/C23H33BO6S/c1-20(2)21(3,4)30-24(29-20)17-6-8-18(9-7-17)31(26,27)16-22-10-13-23(14-11-22,15-12-22)19(25)28-5/h6-9H,10-16H2,1-5H3. The van der Waals surface area contributed by atoms with E-state index < -0.39 is 33.6 Å². The Morgan fingerprint density at radius 2 is 1.42 bits per heavy atom. The molecule has 0 unspecified atom stereocenters. The lowest BCUT2D eigenvalue weighted by Gasteiger charge is -2.51. The average molecular weight is 448 g/mol. The third-order valence-corrected chi connectivity index (χ3v) is 10.3. The molecule has 5 rings (SSSR count). The number of carbonyl (C=O) groups is 1. The van der Waals surface area contributed by atoms with E-state index in [0.717, 1.165) is 44.0 Å². The van der Waals surface area contributed by atoms with Crippen molar-refractivity contribution < 1.29 is 27.3 Å². The van der Waals surface area contributed by atoms with Gasteiger partial charge in [-0.3, -0.25) is 4.79 Å². The van der Waals surface area contributed by atoms with E-state index in [0.29, 0.717) is 4.90 Å². The van der Waals surface area contributed by atoms with Gasteiger partial charge in [0.25, 0.3) is 0 Å². The predicted octanol–water partition coefficient (Wildman–Crippen LogP) is 3.27. The Kier molecular flexibility index (Phi) is 5.39. The predicted molar refractivity (Wildman–Crippen MR) is 119 cm³/mol. The smallest absolute Gasteiger partial charge is 0.469 e. The summed E-state index contributed by atoms with van der Waals surface area (Å²) in [7, 11) is -2.51. The van der Waals surface area contributed by atoms with Gasteiger partial charge in [-0.1, -0.05) is 12.1 Å². The molecule has 3 saturated carbocycles. The van der Waals surface area contributed by atoms with Crippen molar-refractivity contribution in [2.45, 2.75) is 82.3 Å². The lowest BCUT2D eigenvalue weighted by atomic mass is 9.54. The van der Waals surface area contributed by atoms with Crippen LogP contribution in [-0.4, -0.2) is 45.6 Å². The maximum Gasteiger partial charge on any atom is 0.494 e. The molecule has 4 aliphatic rings. The summed E-state index contributed by atoms with van der Waals surface area (Å²) in [5.74, 6) is -0.00505. The van der Waals surface area contributed by atoms with Crippen LogP contribution in [0.5, 0.6) is 0 Å². The summed E-state index contributed by atoms with van der Waals surface area (Å²) < 4.78 is 43.6. The lowest BCUT2D eigenvalue weighted by Crippen LogP contribution is -2.48. The summed E-state index contributed by atoms with van der Waals surface area (Å²) >= 11 is 0. The van der Waals surface area contributed by atoms with Crippen molar-refractivity contribution in [1.29, 1.82) is 0 Å². The van der Waals surface area contributed by atoms with Crippen LogP contribution >= 0.6 is 0 Å². The van der Waals surface area contributed by atoms with E-state index in [2.05, 4.69) is 0 Å². The Hall–Kier alpha value is -1.38. The minimum absolute atomic E-state index is 0.132. The lowest BCUT2D eigenvalue weighted by molar-refractivity contribution is -0.161. The number of hydrogen-bond acceptors (Lipinski definition) is 6. The third-order valence-electron chi connectivity index (χ3n) is 8.28. The highest BCUT2D eigenvalue weighted by atomic mass is 32.2. The third kappa shape index (κ3) is 3.85. The van der Waals surface area contributed by atoms with Gasteiger partial charge in [-0.2, -0.15) is 0 Å². The molecule has 0 radical (unpaired) electrons. The zero-order chi connectivity index (χ0) is 22.7. The van der Waals surface area contributed by atoms with Crippen molar-refractivity contribution in [2.75, 3.05) is 12.9 Å². The zero-order valence-corrected chi connectivity index (χ0v) is 20.0. The van der Waals surface area contributed by atoms with Crippen molar-refractivity contribution >= 4 is 28.4 Å². The molecule has 2 bridgehead atoms. The molecular formula is C23H33BO6S. The van der Waals surface area contributed by atoms with Gasteiger partial charge in [0.1, 0.15) is 0 Å². The largest absolute Gasteiger partial charge is 0.494 e. The maximum atomic E-state index is 13.2. The SMILES string of the molecule is COC(=O)C12CCC(CS(=O)(=O)c3ccc(B4OC(C)(C)C(C)(C)O4)cc3)(CC1)CC2. The molecule has 170 valence electrons. The Bertz CT molecular complexity index is 926. The number of hydrogen-bond donors (Lipinski definition) is 0. The van der Waals surface area contributed by atoms with Crippen molar-refractivity contribution in [3.63, 3.8) is 0 Å². The second-order valence-corrected chi connectivity index (χ2v) is 12.7. The first-order valence-electron chi connectivity index (χ1n) is 11.1. The monoisotopic (exact) mass is 448 g/mol. The van der Waals surface area contributed by atoms with Crippen LogP contribution in [0.1, 0.15) is 66.2 Å². The molecule has 0 N–H and O–H groups in total. The van der Waals surface area contributed by atoms with Gasteiger partial charge in [0.05, 0.1) is 34.4 Å². The van der Waals surface area contributed by atoms with Crippen LogP contribution < -0.4 is 5.46 Å². The van der Waals surface area contributed by atoms with Gasteiger partial charge < -0.3 is 14.0 Å². The number of sulfone groups is 1. The second kappa shape index (κ2) is 7.32.